The van der Waals surface area contributed by atoms with Gasteiger partial charge in [0.2, 0.25) is 6.80 Å². The van der Waals surface area contributed by atoms with Gasteiger partial charge in [-0.3, -0.25) is 18.3 Å². The summed E-state index contributed by atoms with van der Waals surface area (Å²) in [5.41, 5.74) is 12.7. The Labute approximate surface area is 313 Å². The number of hydrogen-bond acceptors (Lipinski definition) is 20. The van der Waals surface area contributed by atoms with Crippen LogP contribution in [-0.2, 0) is 61.2 Å². The first-order chi connectivity index (χ1) is 20.9. The number of fused-ring (bicyclic) bond motifs is 5. The maximum absolute atomic E-state index is 13.5. The van der Waals surface area contributed by atoms with E-state index in [2.05, 4.69) is 29.9 Å². The summed E-state index contributed by atoms with van der Waals surface area (Å²) in [6.07, 6.45) is -5.87. The minimum absolute atomic E-state index is 0. The predicted octanol–water partition coefficient (Wildman–Crippen LogP) is -6.52. The van der Waals surface area contributed by atoms with Crippen LogP contribution in [0.1, 0.15) is 12.5 Å². The van der Waals surface area contributed by atoms with Gasteiger partial charge in [0.25, 0.3) is 0 Å². The molecule has 7 heterocycles. The molecule has 26 heteroatoms. The smallest absolute Gasteiger partial charge is 0.660 e. The second-order valence-electron chi connectivity index (χ2n) is 9.90. The number of aromatic nitrogens is 8. The SMILES string of the molecule is Nc1ncnc2c1ncn2[C@@H]1O[C@@H]2COP(=O)([S-])O[C@H]3C(O)[C@@H](COP(=O)([S-])O[C@@H]2C1O)O[C@H]3n1cnc2c(N)ncnc21.[Na+].[Na+]. The first-order valence-corrected chi connectivity index (χ1v) is 17.8. The molecule has 4 aromatic heterocycles. The minimum Gasteiger partial charge on any atom is -0.660 e. The Morgan fingerprint density at radius 1 is 0.717 bits per heavy atom. The fraction of sp³-hybridized carbons (Fsp3) is 0.500. The van der Waals surface area contributed by atoms with Gasteiger partial charge in [0.05, 0.1) is 25.9 Å². The van der Waals surface area contributed by atoms with Crippen molar-refractivity contribution in [3.05, 3.63) is 25.3 Å². The molecular formula is C20H22N10Na2O10P2S2. The monoisotopic (exact) mass is 734 g/mol. The first-order valence-electron chi connectivity index (χ1n) is 12.7. The molecule has 0 aliphatic carbocycles. The van der Waals surface area contributed by atoms with Crippen LogP contribution in [-0.4, -0.2) is 99.1 Å². The van der Waals surface area contributed by atoms with E-state index in [4.69, 9.17) is 63.5 Å². The standard InChI is InChI=1S/C20H24N10O10P2S2.2Na/c21-15-9-17(25-3-23-15)29(5-27-9)19-12(32)13-8(38-19)2-36-42(34,44)40-14-11(31)7(1-35-41(33,43)39-13)37-20(14)30-6-28-10-16(22)24-4-26-18(10)30;;/h3-8,11-14,19-20,31-32H,1-2H2,(H,33,43)(H,34,44)(H2,21,23,25)(H2,22,24,26);;/q;2*+1/p-2/t7-,8-,11?,12?,13+,14+,19-,20-,41?,42?;;/m1../s1. The average Bonchev–Trinajstić information content (AvgIpc) is 3.73. The van der Waals surface area contributed by atoms with Crippen molar-refractivity contribution in [2.24, 2.45) is 0 Å². The molecule has 3 saturated heterocycles. The Bertz CT molecular complexity index is 1840. The third kappa shape index (κ3) is 6.81. The molecule has 2 bridgehead atoms. The molecule has 0 radical (unpaired) electrons. The molecule has 7 rings (SSSR count). The molecule has 3 aliphatic heterocycles. The van der Waals surface area contributed by atoms with Crippen LogP contribution < -0.4 is 70.6 Å². The van der Waals surface area contributed by atoms with Crippen LogP contribution in [0, 0.1) is 0 Å². The minimum atomic E-state index is -4.43. The Hall–Kier alpha value is -0.460. The van der Waals surface area contributed by atoms with Gasteiger partial charge in [-0.2, -0.15) is 0 Å². The van der Waals surface area contributed by atoms with Gasteiger partial charge >= 0.3 is 59.1 Å². The van der Waals surface area contributed by atoms with E-state index in [1.807, 2.05) is 0 Å². The molecule has 3 fully saturated rings. The normalized spacial score (nSPS) is 36.6. The van der Waals surface area contributed by atoms with Gasteiger partial charge in [-0.1, -0.05) is 0 Å². The molecule has 4 unspecified atom stereocenters. The first kappa shape index (κ1) is 36.8. The van der Waals surface area contributed by atoms with E-state index in [-0.39, 0.29) is 93.1 Å². The summed E-state index contributed by atoms with van der Waals surface area (Å²) in [6.45, 7) is -9.98. The zero-order chi connectivity index (χ0) is 31.0. The number of nitrogens with zero attached hydrogens (tertiary/aromatic N) is 8. The molecule has 236 valence electrons. The van der Waals surface area contributed by atoms with E-state index in [1.54, 1.807) is 0 Å². The predicted molar refractivity (Wildman–Crippen MR) is 151 cm³/mol. The summed E-state index contributed by atoms with van der Waals surface area (Å²) >= 11 is 10.3. The third-order valence-corrected chi connectivity index (χ3v) is 10.3. The summed E-state index contributed by atoms with van der Waals surface area (Å²) in [5.74, 6) is 0.174. The van der Waals surface area contributed by atoms with Gasteiger partial charge in [-0.25, -0.2) is 29.9 Å². The van der Waals surface area contributed by atoms with Gasteiger partial charge in [0.15, 0.2) is 42.2 Å². The van der Waals surface area contributed by atoms with Crippen molar-refractivity contribution in [3.8, 4) is 0 Å². The largest absolute Gasteiger partial charge is 1.00 e. The number of rotatable bonds is 2. The van der Waals surface area contributed by atoms with Crippen molar-refractivity contribution in [1.29, 1.82) is 0 Å². The number of nitrogens with two attached hydrogens (primary N) is 2. The molecule has 0 aromatic carbocycles. The Morgan fingerprint density at radius 2 is 1.20 bits per heavy atom. The number of nitrogen functional groups attached to an aromatic ring is 2. The Balaban J connectivity index is 0.00000208. The number of anilines is 2. The van der Waals surface area contributed by atoms with E-state index >= 15 is 0 Å². The van der Waals surface area contributed by atoms with Gasteiger partial charge < -0.3 is 73.7 Å². The fourth-order valence-corrected chi connectivity index (χ4v) is 8.04. The van der Waals surface area contributed by atoms with Crippen molar-refractivity contribution >= 4 is 72.1 Å². The summed E-state index contributed by atoms with van der Waals surface area (Å²) in [4.78, 5) is 24.4. The third-order valence-electron chi connectivity index (χ3n) is 7.24. The van der Waals surface area contributed by atoms with E-state index in [9.17, 15) is 19.3 Å². The molecular weight excluding hydrogens is 712 g/mol. The summed E-state index contributed by atoms with van der Waals surface area (Å²) in [6, 6.07) is 0. The second-order valence-corrected chi connectivity index (χ2v) is 15.3. The van der Waals surface area contributed by atoms with Crippen molar-refractivity contribution in [3.63, 3.8) is 0 Å². The quantitative estimate of drug-likeness (QED) is 0.0847. The van der Waals surface area contributed by atoms with E-state index in [0.29, 0.717) is 0 Å². The van der Waals surface area contributed by atoms with Crippen LogP contribution >= 0.6 is 13.6 Å². The van der Waals surface area contributed by atoms with Crippen LogP contribution in [0.2, 0.25) is 0 Å². The summed E-state index contributed by atoms with van der Waals surface area (Å²) < 4.78 is 63.6. The molecule has 3 aliphatic rings. The number of imidazole rings is 2. The van der Waals surface area contributed by atoms with Gasteiger partial charge in [-0.15, -0.1) is 0 Å². The Kier molecular flexibility index (Phi) is 11.2. The number of hydrogen-bond donors (Lipinski definition) is 4. The molecule has 20 nitrogen and oxygen atoms in total. The van der Waals surface area contributed by atoms with Crippen LogP contribution in [0.3, 0.4) is 0 Å². The van der Waals surface area contributed by atoms with Gasteiger partial charge in [0.1, 0.15) is 60.3 Å². The Morgan fingerprint density at radius 3 is 1.76 bits per heavy atom. The van der Waals surface area contributed by atoms with Gasteiger partial charge in [-0.05, 0) is 0 Å². The van der Waals surface area contributed by atoms with Crippen molar-refractivity contribution in [2.45, 2.75) is 49.1 Å². The van der Waals surface area contributed by atoms with E-state index in [0.717, 1.165) is 0 Å². The molecule has 4 aromatic rings. The van der Waals surface area contributed by atoms with Crippen LogP contribution in [0.15, 0.2) is 25.3 Å². The van der Waals surface area contributed by atoms with E-state index in [1.165, 1.54) is 34.4 Å². The molecule has 46 heavy (non-hydrogen) atoms. The average molecular weight is 735 g/mol. The van der Waals surface area contributed by atoms with E-state index < -0.39 is 75.9 Å². The molecule has 10 atom stereocenters. The van der Waals surface area contributed by atoms with Crippen molar-refractivity contribution in [1.82, 2.24) is 39.0 Å². The van der Waals surface area contributed by atoms with Crippen LogP contribution in [0.4, 0.5) is 11.6 Å². The topological polar surface area (TPSA) is 269 Å². The maximum Gasteiger partial charge on any atom is 1.00 e. The molecule has 0 spiro atoms. The second kappa shape index (κ2) is 14.0. The van der Waals surface area contributed by atoms with Crippen molar-refractivity contribution < 1.29 is 106 Å². The summed E-state index contributed by atoms with van der Waals surface area (Å²) in [7, 11) is 0. The fourth-order valence-electron chi connectivity index (χ4n) is 5.21. The molecule has 0 amide bonds. The number of ether oxygens (including phenoxy) is 2. The van der Waals surface area contributed by atoms with Crippen molar-refractivity contribution in [2.75, 3.05) is 24.7 Å². The zero-order valence-electron chi connectivity index (χ0n) is 23.9. The summed E-state index contributed by atoms with van der Waals surface area (Å²) in [5, 5.41) is 22.3. The number of aliphatic hydroxyl groups is 2. The molecule has 0 saturated carbocycles. The van der Waals surface area contributed by atoms with Crippen LogP contribution in [0.5, 0.6) is 0 Å². The van der Waals surface area contributed by atoms with Crippen LogP contribution in [0.25, 0.3) is 22.3 Å². The molecule has 6 N–H and O–H groups in total. The number of aliphatic hydroxyl groups excluding tert-OH is 2. The zero-order valence-corrected chi connectivity index (χ0v) is 31.4. The van der Waals surface area contributed by atoms with Gasteiger partial charge in [0, 0.05) is 0 Å². The maximum atomic E-state index is 13.5.